The van der Waals surface area contributed by atoms with Gasteiger partial charge in [-0.25, -0.2) is 0 Å². The summed E-state index contributed by atoms with van der Waals surface area (Å²) in [4.78, 5) is 4.01. The van der Waals surface area contributed by atoms with Gasteiger partial charge in [0.05, 0.1) is 28.3 Å². The molecule has 26 heavy (non-hydrogen) atoms. The summed E-state index contributed by atoms with van der Waals surface area (Å²) in [6, 6.07) is 4.04. The van der Waals surface area contributed by atoms with Gasteiger partial charge in [0.15, 0.2) is 0 Å². The quantitative estimate of drug-likeness (QED) is 0.388. The van der Waals surface area contributed by atoms with Crippen molar-refractivity contribution in [3.05, 3.63) is 28.6 Å². The molecule has 0 spiro atoms. The molecule has 0 saturated heterocycles. The number of allylic oxidation sites excluding steroid dienone is 1. The van der Waals surface area contributed by atoms with Crippen LogP contribution in [0, 0.1) is 0 Å². The smallest absolute Gasteiger partial charge is 0.264 e. The zero-order chi connectivity index (χ0) is 18.9. The van der Waals surface area contributed by atoms with Crippen LogP contribution in [0.4, 0.5) is 5.69 Å². The molecule has 0 bridgehead atoms. The van der Waals surface area contributed by atoms with Crippen LogP contribution in [0.3, 0.4) is 0 Å². The number of thiophene rings is 1. The van der Waals surface area contributed by atoms with Crippen molar-refractivity contribution < 1.29 is 17.7 Å². The van der Waals surface area contributed by atoms with Gasteiger partial charge in [-0.2, -0.15) is 8.42 Å². The van der Waals surface area contributed by atoms with Gasteiger partial charge < -0.3 is 9.64 Å². The summed E-state index contributed by atoms with van der Waals surface area (Å²) in [5.74, 6) is 0.559. The summed E-state index contributed by atoms with van der Waals surface area (Å²) in [5, 5.41) is 4.04. The van der Waals surface area contributed by atoms with E-state index in [1.807, 2.05) is 30.5 Å². The lowest BCUT2D eigenvalue weighted by molar-refractivity contribution is 0.419. The lowest BCUT2D eigenvalue weighted by Gasteiger charge is -2.21. The maximum Gasteiger partial charge on any atom is 0.264 e. The van der Waals surface area contributed by atoms with Crippen LogP contribution >= 0.6 is 35.3 Å². The third-order valence-electron chi connectivity index (χ3n) is 4.03. The number of fused-ring (bicyclic) bond motifs is 3. The van der Waals surface area contributed by atoms with Gasteiger partial charge in [-0.3, -0.25) is 4.55 Å². The highest BCUT2D eigenvalue weighted by molar-refractivity contribution is 8.03. The largest absolute Gasteiger partial charge is 0.496 e. The number of benzene rings is 1. The molecule has 3 rings (SSSR count). The number of anilines is 1. The number of ether oxygens (including phenoxy) is 1. The van der Waals surface area contributed by atoms with Gasteiger partial charge in [-0.1, -0.05) is 30.9 Å². The number of thiocarbonyl (C=S) groups is 1. The highest BCUT2D eigenvalue weighted by atomic mass is 32.2. The summed E-state index contributed by atoms with van der Waals surface area (Å²) in [6.45, 7) is 2.49. The van der Waals surface area contributed by atoms with Crippen LogP contribution in [0.25, 0.3) is 10.1 Å². The van der Waals surface area contributed by atoms with Gasteiger partial charge in [-0.15, -0.1) is 11.3 Å². The molecule has 0 unspecified atom stereocenters. The number of rotatable bonds is 7. The first-order valence-corrected chi connectivity index (χ1v) is 11.8. The molecule has 0 aliphatic carbocycles. The van der Waals surface area contributed by atoms with E-state index >= 15 is 0 Å². The van der Waals surface area contributed by atoms with Crippen LogP contribution < -0.4 is 9.64 Å². The lowest BCUT2D eigenvalue weighted by Crippen LogP contribution is -2.22. The third-order valence-corrected chi connectivity index (χ3v) is 7.24. The Bertz CT molecular complexity index is 978. The second-order valence-electron chi connectivity index (χ2n) is 5.78. The van der Waals surface area contributed by atoms with Gasteiger partial charge in [0.2, 0.25) is 0 Å². The van der Waals surface area contributed by atoms with E-state index in [9.17, 15) is 8.42 Å². The Hall–Kier alpha value is -1.13. The third kappa shape index (κ3) is 4.07. The molecule has 9 heteroatoms. The normalized spacial score (nSPS) is 15.7. The number of thioether (sulfide) groups is 1. The molecular formula is C17H19NO4S4. The molecule has 0 fully saturated rings. The molecule has 1 aromatic carbocycles. The first kappa shape index (κ1) is 19.6. The predicted molar refractivity (Wildman–Crippen MR) is 114 cm³/mol. The topological polar surface area (TPSA) is 66.8 Å². The van der Waals surface area contributed by atoms with Crippen molar-refractivity contribution in [1.82, 2.24) is 0 Å². The molecule has 0 radical (unpaired) electrons. The minimum Gasteiger partial charge on any atom is -0.496 e. The number of hydrogen-bond acceptors (Lipinski definition) is 7. The fourth-order valence-electron chi connectivity index (χ4n) is 2.82. The van der Waals surface area contributed by atoms with Gasteiger partial charge in [0, 0.05) is 21.7 Å². The molecule has 1 aliphatic rings. The number of nitrogens with zero attached hydrogens (tertiary/aromatic N) is 1. The van der Waals surface area contributed by atoms with Crippen LogP contribution in [0.5, 0.6) is 5.75 Å². The van der Waals surface area contributed by atoms with E-state index in [0.29, 0.717) is 13.0 Å². The molecule has 0 saturated carbocycles. The van der Waals surface area contributed by atoms with Crippen LogP contribution in [0.15, 0.2) is 33.5 Å². The highest BCUT2D eigenvalue weighted by Gasteiger charge is 2.29. The first-order chi connectivity index (χ1) is 12.3. The highest BCUT2D eigenvalue weighted by Crippen LogP contribution is 2.53. The van der Waals surface area contributed by atoms with E-state index in [1.165, 1.54) is 0 Å². The summed E-state index contributed by atoms with van der Waals surface area (Å²) in [7, 11) is -2.32. The first-order valence-electron chi connectivity index (χ1n) is 8.07. The van der Waals surface area contributed by atoms with Crippen molar-refractivity contribution in [3.63, 3.8) is 0 Å². The Labute approximate surface area is 166 Å². The van der Waals surface area contributed by atoms with Crippen molar-refractivity contribution in [2.24, 2.45) is 0 Å². The number of methoxy groups -OCH3 is 1. The van der Waals surface area contributed by atoms with Gasteiger partial charge >= 0.3 is 0 Å². The number of hydrogen-bond donors (Lipinski definition) is 1. The van der Waals surface area contributed by atoms with Crippen LogP contribution in [-0.4, -0.2) is 37.2 Å². The monoisotopic (exact) mass is 429 g/mol. The zero-order valence-corrected chi connectivity index (χ0v) is 17.7. The molecular weight excluding hydrogens is 410 g/mol. The van der Waals surface area contributed by atoms with Crippen LogP contribution in [-0.2, 0) is 10.1 Å². The lowest BCUT2D eigenvalue weighted by atomic mass is 10.2. The van der Waals surface area contributed by atoms with E-state index in [-0.39, 0.29) is 5.75 Å². The molecule has 140 valence electrons. The summed E-state index contributed by atoms with van der Waals surface area (Å²) < 4.78 is 37.9. The maximum absolute atomic E-state index is 11.1. The van der Waals surface area contributed by atoms with Crippen LogP contribution in [0.2, 0.25) is 0 Å². The van der Waals surface area contributed by atoms with Crippen LogP contribution in [0.1, 0.15) is 19.8 Å². The SMILES string of the molecule is CCC(=S)C=C1Sc2cc(OC)c3ccsc3c2N1CCCS(=O)(=O)O. The minimum absolute atomic E-state index is 0.265. The van der Waals surface area contributed by atoms with E-state index in [4.69, 9.17) is 21.5 Å². The van der Waals surface area contributed by atoms with Crippen molar-refractivity contribution in [2.75, 3.05) is 24.3 Å². The minimum atomic E-state index is -3.98. The Kier molecular flexibility index (Phi) is 5.93. The van der Waals surface area contributed by atoms with E-state index in [0.717, 1.165) is 42.7 Å². The summed E-state index contributed by atoms with van der Waals surface area (Å²) >= 11 is 8.62. The second-order valence-corrected chi connectivity index (χ2v) is 9.86. The average Bonchev–Trinajstić information content (AvgIpc) is 3.17. The molecule has 1 aromatic heterocycles. The fraction of sp³-hybridized carbons (Fsp3) is 0.353. The van der Waals surface area contributed by atoms with Gasteiger partial charge in [0.1, 0.15) is 5.75 Å². The standard InChI is InChI=1S/C17H19NO4S4/c1-3-11(23)9-15-18(6-4-8-26(19,20)21)16-14(25-15)10-13(22-2)12-5-7-24-17(12)16/h5,7,9-10H,3-4,6,8H2,1-2H3,(H,19,20,21). The Morgan fingerprint density at radius 1 is 1.46 bits per heavy atom. The van der Waals surface area contributed by atoms with Crippen molar-refractivity contribution in [1.29, 1.82) is 0 Å². The van der Waals surface area contributed by atoms with Gasteiger partial charge in [-0.05, 0) is 36.4 Å². The van der Waals surface area contributed by atoms with Gasteiger partial charge in [0.25, 0.3) is 10.1 Å². The fourth-order valence-corrected chi connectivity index (χ4v) is 5.72. The molecule has 1 N–H and O–H groups in total. The van der Waals surface area contributed by atoms with Crippen molar-refractivity contribution in [2.45, 2.75) is 24.7 Å². The molecule has 2 heterocycles. The summed E-state index contributed by atoms with van der Waals surface area (Å²) in [6.07, 6.45) is 3.07. The Morgan fingerprint density at radius 3 is 2.88 bits per heavy atom. The predicted octanol–water partition coefficient (Wildman–Crippen LogP) is 4.72. The Balaban J connectivity index is 2.04. The summed E-state index contributed by atoms with van der Waals surface area (Å²) in [5.41, 5.74) is 1.06. The van der Waals surface area contributed by atoms with E-state index in [1.54, 1.807) is 30.2 Å². The molecule has 0 amide bonds. The molecule has 5 nitrogen and oxygen atoms in total. The maximum atomic E-state index is 11.1. The average molecular weight is 430 g/mol. The zero-order valence-electron chi connectivity index (χ0n) is 14.4. The van der Waals surface area contributed by atoms with Crippen molar-refractivity contribution >= 4 is 66.1 Å². The molecule has 2 aromatic rings. The van der Waals surface area contributed by atoms with E-state index < -0.39 is 10.1 Å². The Morgan fingerprint density at radius 2 is 2.23 bits per heavy atom. The second kappa shape index (κ2) is 7.85. The molecule has 0 atom stereocenters. The van der Waals surface area contributed by atoms with E-state index in [2.05, 4.69) is 4.90 Å². The molecule has 1 aliphatic heterocycles. The van der Waals surface area contributed by atoms with Crippen molar-refractivity contribution in [3.8, 4) is 5.75 Å².